The molecule has 0 aromatic heterocycles. The van der Waals surface area contributed by atoms with E-state index in [2.05, 4.69) is 24.8 Å². The number of allylic oxidation sites excluding steroid dienone is 2. The SMILES string of the molecule is CCC[C@H]1CC[C@H](CC[C@H]2CC[C@H](C=CC#Cc3cc(F)c(C#N)c(F)c3)CC2)CC1. The zero-order valence-corrected chi connectivity index (χ0v) is 18.8. The predicted molar refractivity (Wildman–Crippen MR) is 122 cm³/mol. The number of nitrogens with zero attached hydrogens (tertiary/aromatic N) is 1. The summed E-state index contributed by atoms with van der Waals surface area (Å²) in [6, 6.07) is 3.76. The molecule has 0 unspecified atom stereocenters. The lowest BCUT2D eigenvalue weighted by Crippen LogP contribution is -2.17. The highest BCUT2D eigenvalue weighted by Gasteiger charge is 2.23. The molecular weight excluding hydrogens is 388 g/mol. The molecule has 0 spiro atoms. The van der Waals surface area contributed by atoms with Gasteiger partial charge in [-0.25, -0.2) is 8.78 Å². The Balaban J connectivity index is 1.37. The van der Waals surface area contributed by atoms with E-state index in [1.165, 1.54) is 83.1 Å². The van der Waals surface area contributed by atoms with Crippen LogP contribution >= 0.6 is 0 Å². The van der Waals surface area contributed by atoms with E-state index >= 15 is 0 Å². The first-order valence-corrected chi connectivity index (χ1v) is 12.2. The maximum atomic E-state index is 13.6. The van der Waals surface area contributed by atoms with E-state index in [0.29, 0.717) is 5.92 Å². The molecule has 1 aromatic carbocycles. The molecule has 1 aromatic rings. The summed E-state index contributed by atoms with van der Waals surface area (Å²) in [4.78, 5) is 0. The molecule has 0 N–H and O–H groups in total. The van der Waals surface area contributed by atoms with Crippen LogP contribution in [0.5, 0.6) is 0 Å². The Morgan fingerprint density at radius 2 is 1.39 bits per heavy atom. The number of hydrogen-bond donors (Lipinski definition) is 0. The van der Waals surface area contributed by atoms with Crippen molar-refractivity contribution in [2.75, 3.05) is 0 Å². The predicted octanol–water partition coefficient (Wildman–Crippen LogP) is 7.94. The lowest BCUT2D eigenvalue weighted by atomic mass is 9.75. The van der Waals surface area contributed by atoms with E-state index in [1.54, 1.807) is 0 Å². The van der Waals surface area contributed by atoms with Crippen LogP contribution in [0.15, 0.2) is 24.3 Å². The molecular formula is C28H35F2N. The first kappa shape index (κ1) is 23.5. The van der Waals surface area contributed by atoms with Crippen molar-refractivity contribution in [2.24, 2.45) is 23.7 Å². The average molecular weight is 424 g/mol. The third-order valence-corrected chi connectivity index (χ3v) is 7.36. The maximum Gasteiger partial charge on any atom is 0.145 e. The van der Waals surface area contributed by atoms with Crippen molar-refractivity contribution in [3.05, 3.63) is 47.0 Å². The van der Waals surface area contributed by atoms with Crippen molar-refractivity contribution in [3.8, 4) is 17.9 Å². The Labute approximate surface area is 186 Å². The Bertz CT molecular complexity index is 815. The molecule has 2 fully saturated rings. The van der Waals surface area contributed by atoms with Crippen LogP contribution in [-0.4, -0.2) is 0 Å². The summed E-state index contributed by atoms with van der Waals surface area (Å²) in [5, 5.41) is 8.72. The molecule has 0 amide bonds. The molecule has 0 heterocycles. The number of benzene rings is 1. The number of rotatable bonds is 6. The Morgan fingerprint density at radius 3 is 1.90 bits per heavy atom. The van der Waals surface area contributed by atoms with Gasteiger partial charge in [0.2, 0.25) is 0 Å². The van der Waals surface area contributed by atoms with Gasteiger partial charge in [0.05, 0.1) is 0 Å². The topological polar surface area (TPSA) is 23.8 Å². The van der Waals surface area contributed by atoms with Crippen LogP contribution in [0.3, 0.4) is 0 Å². The van der Waals surface area contributed by atoms with Crippen molar-refractivity contribution >= 4 is 0 Å². The molecule has 0 aliphatic heterocycles. The molecule has 0 radical (unpaired) electrons. The summed E-state index contributed by atoms with van der Waals surface area (Å²) in [7, 11) is 0. The van der Waals surface area contributed by atoms with Gasteiger partial charge >= 0.3 is 0 Å². The van der Waals surface area contributed by atoms with Gasteiger partial charge in [0.15, 0.2) is 0 Å². The minimum absolute atomic E-state index is 0.256. The normalized spacial score (nSPS) is 26.3. The van der Waals surface area contributed by atoms with Crippen molar-refractivity contribution in [1.82, 2.24) is 0 Å². The third-order valence-electron chi connectivity index (χ3n) is 7.36. The van der Waals surface area contributed by atoms with E-state index < -0.39 is 17.2 Å². The van der Waals surface area contributed by atoms with E-state index in [9.17, 15) is 8.78 Å². The molecule has 3 heteroatoms. The molecule has 2 aliphatic rings. The first-order chi connectivity index (χ1) is 15.1. The molecule has 0 atom stereocenters. The van der Waals surface area contributed by atoms with E-state index in [0.717, 1.165) is 29.9 Å². The highest BCUT2D eigenvalue weighted by molar-refractivity contribution is 5.43. The van der Waals surface area contributed by atoms with Crippen LogP contribution < -0.4 is 0 Å². The maximum absolute atomic E-state index is 13.6. The quantitative estimate of drug-likeness (QED) is 0.426. The van der Waals surface area contributed by atoms with Gasteiger partial charge in [0.1, 0.15) is 23.3 Å². The van der Waals surface area contributed by atoms with Crippen LogP contribution in [0.4, 0.5) is 8.78 Å². The fourth-order valence-electron chi connectivity index (χ4n) is 5.42. The van der Waals surface area contributed by atoms with Crippen LogP contribution in [0.1, 0.15) is 95.1 Å². The minimum atomic E-state index is -0.858. The zero-order valence-electron chi connectivity index (χ0n) is 18.8. The largest absolute Gasteiger partial charge is 0.205 e. The van der Waals surface area contributed by atoms with Crippen LogP contribution in [-0.2, 0) is 0 Å². The molecule has 31 heavy (non-hydrogen) atoms. The smallest absolute Gasteiger partial charge is 0.145 e. The monoisotopic (exact) mass is 423 g/mol. The molecule has 2 aliphatic carbocycles. The van der Waals surface area contributed by atoms with Gasteiger partial charge in [-0.1, -0.05) is 76.2 Å². The Morgan fingerprint density at radius 1 is 0.871 bits per heavy atom. The fraction of sp³-hybridized carbons (Fsp3) is 0.607. The second-order valence-electron chi connectivity index (χ2n) is 9.59. The third kappa shape index (κ3) is 7.21. The van der Waals surface area contributed by atoms with Crippen LogP contribution in [0.25, 0.3) is 0 Å². The van der Waals surface area contributed by atoms with Crippen molar-refractivity contribution in [2.45, 2.75) is 84.0 Å². The standard InChI is InChI=1S/C28H35F2N/c1-2-5-21-8-12-23(13-9-21)16-17-24-14-10-22(11-15-24)6-3-4-7-25-18-27(29)26(20-31)28(30)19-25/h3,6,18-19,21-24H,2,5,8-17H2,1H3/t21-,22-,23-,24-. The molecule has 166 valence electrons. The van der Waals surface area contributed by atoms with Gasteiger partial charge in [0.25, 0.3) is 0 Å². The second-order valence-corrected chi connectivity index (χ2v) is 9.59. The molecule has 0 saturated heterocycles. The molecule has 1 nitrogen and oxygen atoms in total. The fourth-order valence-corrected chi connectivity index (χ4v) is 5.42. The van der Waals surface area contributed by atoms with Gasteiger partial charge in [-0.15, -0.1) is 0 Å². The summed E-state index contributed by atoms with van der Waals surface area (Å²) in [6.45, 7) is 2.31. The second kappa shape index (κ2) is 12.0. The first-order valence-electron chi connectivity index (χ1n) is 12.2. The highest BCUT2D eigenvalue weighted by atomic mass is 19.1. The average Bonchev–Trinajstić information content (AvgIpc) is 2.77. The van der Waals surface area contributed by atoms with Crippen molar-refractivity contribution in [3.63, 3.8) is 0 Å². The molecule has 3 rings (SSSR count). The summed E-state index contributed by atoms with van der Waals surface area (Å²) >= 11 is 0. The van der Waals surface area contributed by atoms with Crippen LogP contribution in [0, 0.1) is 58.5 Å². The summed E-state index contributed by atoms with van der Waals surface area (Å²) in [5.74, 6) is 7.35. The zero-order chi connectivity index (χ0) is 22.1. The number of halogens is 2. The van der Waals surface area contributed by atoms with Crippen LogP contribution in [0.2, 0.25) is 0 Å². The lowest BCUT2D eigenvalue weighted by Gasteiger charge is -2.31. The lowest BCUT2D eigenvalue weighted by molar-refractivity contribution is 0.221. The van der Waals surface area contributed by atoms with E-state index in [4.69, 9.17) is 5.26 Å². The van der Waals surface area contributed by atoms with Gasteiger partial charge in [-0.05, 0) is 67.6 Å². The van der Waals surface area contributed by atoms with E-state index in [1.807, 2.05) is 6.08 Å². The van der Waals surface area contributed by atoms with Gasteiger partial charge in [-0.3, -0.25) is 0 Å². The highest BCUT2D eigenvalue weighted by Crippen LogP contribution is 2.37. The van der Waals surface area contributed by atoms with Crippen molar-refractivity contribution < 1.29 is 8.78 Å². The summed E-state index contributed by atoms with van der Waals surface area (Å²) in [5.41, 5.74) is -0.298. The Kier molecular flexibility index (Phi) is 9.14. The van der Waals surface area contributed by atoms with Gasteiger partial charge < -0.3 is 0 Å². The minimum Gasteiger partial charge on any atom is -0.205 e. The Hall–Kier alpha value is -2.13. The van der Waals surface area contributed by atoms with Gasteiger partial charge in [-0.2, -0.15) is 5.26 Å². The summed E-state index contributed by atoms with van der Waals surface area (Å²) < 4.78 is 27.3. The summed E-state index contributed by atoms with van der Waals surface area (Å²) in [6.07, 6.45) is 20.4. The van der Waals surface area contributed by atoms with Gasteiger partial charge in [0, 0.05) is 5.56 Å². The number of nitriles is 1. The molecule has 2 saturated carbocycles. The van der Waals surface area contributed by atoms with Crippen molar-refractivity contribution in [1.29, 1.82) is 5.26 Å². The number of hydrogen-bond acceptors (Lipinski definition) is 1. The molecule has 0 bridgehead atoms. The van der Waals surface area contributed by atoms with E-state index in [-0.39, 0.29) is 5.56 Å².